The summed E-state index contributed by atoms with van der Waals surface area (Å²) in [6, 6.07) is 6.20. The molecule has 0 radical (unpaired) electrons. The van der Waals surface area contributed by atoms with E-state index in [0.717, 1.165) is 11.6 Å². The highest BCUT2D eigenvalue weighted by molar-refractivity contribution is 7.12. The van der Waals surface area contributed by atoms with Gasteiger partial charge in [-0.25, -0.2) is 8.78 Å². The van der Waals surface area contributed by atoms with Gasteiger partial charge in [0, 0.05) is 16.3 Å². The lowest BCUT2D eigenvalue weighted by molar-refractivity contribution is 0.511. The second-order valence-corrected chi connectivity index (χ2v) is 5.35. The largest absolute Gasteiger partial charge is 0.378 e. The van der Waals surface area contributed by atoms with Gasteiger partial charge < -0.3 is 5.32 Å². The smallest absolute Gasteiger partial charge is 0.181 e. The van der Waals surface area contributed by atoms with Crippen molar-refractivity contribution in [1.29, 1.82) is 0 Å². The fourth-order valence-electron chi connectivity index (χ4n) is 1.69. The van der Waals surface area contributed by atoms with Crippen LogP contribution in [-0.2, 0) is 6.54 Å². The summed E-state index contributed by atoms with van der Waals surface area (Å²) in [7, 11) is 0. The summed E-state index contributed by atoms with van der Waals surface area (Å²) in [5.74, 6) is -1.65. The highest BCUT2D eigenvalue weighted by Gasteiger charge is 2.08. The Morgan fingerprint density at radius 2 is 2.00 bits per heavy atom. The van der Waals surface area contributed by atoms with E-state index >= 15 is 0 Å². The normalized spacial score (nSPS) is 10.6. The van der Waals surface area contributed by atoms with E-state index in [1.54, 1.807) is 11.3 Å². The van der Waals surface area contributed by atoms with Crippen LogP contribution in [-0.4, -0.2) is 0 Å². The molecule has 0 aliphatic heterocycles. The first-order valence-corrected chi connectivity index (χ1v) is 6.13. The lowest BCUT2D eigenvalue weighted by Gasteiger charge is -2.07. The molecule has 0 aliphatic carbocycles. The zero-order chi connectivity index (χ0) is 12.4. The molecule has 0 spiro atoms. The lowest BCUT2D eigenvalue weighted by Crippen LogP contribution is -2.02. The summed E-state index contributed by atoms with van der Waals surface area (Å²) < 4.78 is 26.4. The van der Waals surface area contributed by atoms with Crippen LogP contribution in [0.2, 0.25) is 0 Å². The van der Waals surface area contributed by atoms with Crippen molar-refractivity contribution in [2.45, 2.75) is 20.4 Å². The van der Waals surface area contributed by atoms with Gasteiger partial charge in [-0.05, 0) is 37.6 Å². The molecule has 1 aromatic heterocycles. The number of hydrogen-bond donors (Lipinski definition) is 1. The Labute approximate surface area is 103 Å². The molecule has 4 heteroatoms. The Balaban J connectivity index is 2.12. The molecule has 0 bridgehead atoms. The molecule has 0 aliphatic rings. The van der Waals surface area contributed by atoms with Crippen LogP contribution in [0.15, 0.2) is 24.3 Å². The molecule has 17 heavy (non-hydrogen) atoms. The Bertz CT molecular complexity index is 534. The molecule has 90 valence electrons. The Morgan fingerprint density at radius 3 is 2.65 bits per heavy atom. The highest BCUT2D eigenvalue weighted by Crippen LogP contribution is 2.23. The fraction of sp³-hybridized carbons (Fsp3) is 0.231. The maximum atomic E-state index is 13.4. The zero-order valence-electron chi connectivity index (χ0n) is 9.68. The first-order valence-electron chi connectivity index (χ1n) is 5.31. The van der Waals surface area contributed by atoms with Crippen molar-refractivity contribution < 1.29 is 8.78 Å². The van der Waals surface area contributed by atoms with Gasteiger partial charge in [-0.3, -0.25) is 0 Å². The maximum absolute atomic E-state index is 13.4. The Kier molecular flexibility index (Phi) is 3.43. The number of rotatable bonds is 3. The Hall–Kier alpha value is -1.42. The summed E-state index contributed by atoms with van der Waals surface area (Å²) in [5, 5.41) is 2.92. The van der Waals surface area contributed by atoms with Crippen molar-refractivity contribution in [2.24, 2.45) is 0 Å². The molecule has 0 saturated heterocycles. The number of nitrogens with one attached hydrogen (secondary N) is 1. The van der Waals surface area contributed by atoms with Crippen molar-refractivity contribution in [3.8, 4) is 0 Å². The van der Waals surface area contributed by atoms with Gasteiger partial charge in [0.05, 0.1) is 5.69 Å². The number of halogens is 2. The minimum atomic E-state index is -0.826. The number of hydrogen-bond acceptors (Lipinski definition) is 2. The molecule has 1 heterocycles. The van der Waals surface area contributed by atoms with Crippen LogP contribution in [0.5, 0.6) is 0 Å². The summed E-state index contributed by atoms with van der Waals surface area (Å²) >= 11 is 1.70. The number of thiophene rings is 1. The van der Waals surface area contributed by atoms with E-state index in [9.17, 15) is 8.78 Å². The standard InChI is InChI=1S/C13H13F2NS/c1-8-6-10(9(2)17-8)7-16-12-5-3-4-11(14)13(12)15/h3-6,16H,7H2,1-2H3. The molecule has 0 amide bonds. The summed E-state index contributed by atoms with van der Waals surface area (Å²) in [6.45, 7) is 4.57. The predicted octanol–water partition coefficient (Wildman–Crippen LogP) is 4.26. The topological polar surface area (TPSA) is 12.0 Å². The molecule has 1 aromatic carbocycles. The minimum Gasteiger partial charge on any atom is -0.378 e. The van der Waals surface area contributed by atoms with Gasteiger partial charge in [0.2, 0.25) is 0 Å². The van der Waals surface area contributed by atoms with Crippen LogP contribution in [0.3, 0.4) is 0 Å². The van der Waals surface area contributed by atoms with Gasteiger partial charge in [0.25, 0.3) is 0 Å². The second-order valence-electron chi connectivity index (χ2n) is 3.89. The molecule has 0 atom stereocenters. The van der Waals surface area contributed by atoms with Gasteiger partial charge in [0.1, 0.15) is 0 Å². The molecule has 1 nitrogen and oxygen atoms in total. The van der Waals surface area contributed by atoms with E-state index < -0.39 is 11.6 Å². The van der Waals surface area contributed by atoms with Crippen molar-refractivity contribution in [1.82, 2.24) is 0 Å². The Morgan fingerprint density at radius 1 is 1.24 bits per heavy atom. The van der Waals surface area contributed by atoms with Gasteiger partial charge in [-0.1, -0.05) is 6.07 Å². The SMILES string of the molecule is Cc1cc(CNc2cccc(F)c2F)c(C)s1. The van der Waals surface area contributed by atoms with Crippen LogP contribution in [0.1, 0.15) is 15.3 Å². The third-order valence-corrected chi connectivity index (χ3v) is 3.57. The van der Waals surface area contributed by atoms with E-state index in [1.807, 2.05) is 13.8 Å². The third kappa shape index (κ3) is 2.64. The molecule has 0 saturated carbocycles. The predicted molar refractivity (Wildman–Crippen MR) is 67.5 cm³/mol. The van der Waals surface area contributed by atoms with Crippen molar-refractivity contribution in [3.63, 3.8) is 0 Å². The number of anilines is 1. The molecule has 0 unspecified atom stereocenters. The molecule has 1 N–H and O–H groups in total. The zero-order valence-corrected chi connectivity index (χ0v) is 10.5. The minimum absolute atomic E-state index is 0.202. The quantitative estimate of drug-likeness (QED) is 0.862. The van der Waals surface area contributed by atoms with E-state index in [1.165, 1.54) is 21.9 Å². The monoisotopic (exact) mass is 253 g/mol. The molecular formula is C13H13F2NS. The van der Waals surface area contributed by atoms with Gasteiger partial charge >= 0.3 is 0 Å². The fourth-order valence-corrected chi connectivity index (χ4v) is 2.64. The van der Waals surface area contributed by atoms with Gasteiger partial charge in [-0.15, -0.1) is 11.3 Å². The van der Waals surface area contributed by atoms with Gasteiger partial charge in [-0.2, -0.15) is 0 Å². The maximum Gasteiger partial charge on any atom is 0.181 e. The van der Waals surface area contributed by atoms with Crippen molar-refractivity contribution in [3.05, 3.63) is 51.2 Å². The summed E-state index contributed by atoms with van der Waals surface area (Å²) in [4.78, 5) is 2.42. The highest BCUT2D eigenvalue weighted by atomic mass is 32.1. The van der Waals surface area contributed by atoms with Crippen molar-refractivity contribution in [2.75, 3.05) is 5.32 Å². The average Bonchev–Trinajstić information content (AvgIpc) is 2.60. The van der Waals surface area contributed by atoms with Crippen LogP contribution < -0.4 is 5.32 Å². The lowest BCUT2D eigenvalue weighted by atomic mass is 10.2. The summed E-state index contributed by atoms with van der Waals surface area (Å²) in [5.41, 5.74) is 1.32. The van der Waals surface area contributed by atoms with E-state index in [4.69, 9.17) is 0 Å². The van der Waals surface area contributed by atoms with E-state index in [2.05, 4.69) is 11.4 Å². The first-order chi connectivity index (χ1) is 8.08. The molecule has 0 fully saturated rings. The van der Waals surface area contributed by atoms with Crippen LogP contribution in [0.4, 0.5) is 14.5 Å². The molecule has 2 aromatic rings. The van der Waals surface area contributed by atoms with E-state index in [0.29, 0.717) is 6.54 Å². The second kappa shape index (κ2) is 4.84. The average molecular weight is 253 g/mol. The van der Waals surface area contributed by atoms with Crippen LogP contribution >= 0.6 is 11.3 Å². The number of aryl methyl sites for hydroxylation is 2. The van der Waals surface area contributed by atoms with Crippen molar-refractivity contribution >= 4 is 17.0 Å². The first kappa shape index (κ1) is 12.0. The van der Waals surface area contributed by atoms with Gasteiger partial charge in [0.15, 0.2) is 11.6 Å². The molecule has 2 rings (SSSR count). The van der Waals surface area contributed by atoms with E-state index in [-0.39, 0.29) is 5.69 Å². The molecular weight excluding hydrogens is 240 g/mol. The number of benzene rings is 1. The van der Waals surface area contributed by atoms with Crippen LogP contribution in [0.25, 0.3) is 0 Å². The van der Waals surface area contributed by atoms with Crippen LogP contribution in [0, 0.1) is 25.5 Å². The third-order valence-electron chi connectivity index (χ3n) is 2.56. The summed E-state index contributed by atoms with van der Waals surface area (Å²) in [6.07, 6.45) is 0.